The monoisotopic (exact) mass is 523 g/mol. The van der Waals surface area contributed by atoms with Gasteiger partial charge in [-0.25, -0.2) is 0 Å². The van der Waals surface area contributed by atoms with E-state index in [0.717, 1.165) is 11.3 Å². The summed E-state index contributed by atoms with van der Waals surface area (Å²) >= 11 is 0. The molecule has 0 unspecified atom stereocenters. The molecule has 0 spiro atoms. The largest absolute Gasteiger partial charge is 0.346 e. The fourth-order valence-electron chi connectivity index (χ4n) is 4.29. The van der Waals surface area contributed by atoms with E-state index in [-0.39, 0.29) is 42.4 Å². The Labute approximate surface area is 225 Å². The summed E-state index contributed by atoms with van der Waals surface area (Å²) in [7, 11) is 0. The predicted molar refractivity (Wildman–Crippen MR) is 146 cm³/mol. The van der Waals surface area contributed by atoms with Gasteiger partial charge in [-0.05, 0) is 43.2 Å². The van der Waals surface area contributed by atoms with E-state index in [2.05, 4.69) is 15.5 Å². The van der Waals surface area contributed by atoms with Gasteiger partial charge in [-0.15, -0.1) is 0 Å². The number of rotatable bonds is 14. The maximum absolute atomic E-state index is 13.2. The minimum atomic E-state index is -0.872. The zero-order chi connectivity index (χ0) is 28.6. The van der Waals surface area contributed by atoms with Crippen molar-refractivity contribution < 1.29 is 24.0 Å². The molecule has 206 valence electrons. The smallest absolute Gasteiger partial charge is 0.224 e. The third-order valence-electron chi connectivity index (χ3n) is 6.91. The zero-order valence-electron chi connectivity index (χ0n) is 23.6. The average molecular weight is 524 g/mol. The van der Waals surface area contributed by atoms with Gasteiger partial charge < -0.3 is 5.32 Å². The Bertz CT molecular complexity index is 1140. The Kier molecular flexibility index (Phi) is 10.9. The van der Waals surface area contributed by atoms with Crippen LogP contribution in [-0.4, -0.2) is 45.3 Å². The van der Waals surface area contributed by atoms with E-state index in [0.29, 0.717) is 6.42 Å². The van der Waals surface area contributed by atoms with Gasteiger partial charge in [0.25, 0.3) is 0 Å². The van der Waals surface area contributed by atoms with Gasteiger partial charge in [0.05, 0.1) is 12.0 Å². The first kappa shape index (κ1) is 30.8. The van der Waals surface area contributed by atoms with E-state index in [1.54, 1.807) is 19.9 Å². The molecule has 0 fully saturated rings. The lowest BCUT2D eigenvalue weighted by Gasteiger charge is -2.30. The molecule has 1 aromatic heterocycles. The highest BCUT2D eigenvalue weighted by Gasteiger charge is 2.36. The maximum atomic E-state index is 13.2. The van der Waals surface area contributed by atoms with Crippen LogP contribution >= 0.6 is 0 Å². The standard InChI is InChI=1S/C30H41N3O5/c1-18(2)22(28(37)25(34)14-13-21-11-9-8-10-12-21)16-26(35)20(4)31-29(38)23(30(5,6)7)17-27(36)24-15-19(3)32-33-24/h8-12,15,18,20,22-23H,13-14,16-17H2,1-7H3,(H,31,38)(H,32,33)/t20-,22-,23+/m0/s1. The lowest BCUT2D eigenvalue weighted by atomic mass is 9.76. The molecule has 0 radical (unpaired) electrons. The van der Waals surface area contributed by atoms with Crippen LogP contribution in [0.25, 0.3) is 0 Å². The first-order chi connectivity index (χ1) is 17.7. The van der Waals surface area contributed by atoms with Crippen LogP contribution in [-0.2, 0) is 25.6 Å². The number of aromatic amines is 1. The molecule has 8 nitrogen and oxygen atoms in total. The second-order valence-electron chi connectivity index (χ2n) is 11.5. The predicted octanol–water partition coefficient (Wildman–Crippen LogP) is 4.46. The van der Waals surface area contributed by atoms with Gasteiger partial charge in [-0.3, -0.25) is 29.1 Å². The van der Waals surface area contributed by atoms with Crippen molar-refractivity contribution in [2.45, 2.75) is 80.2 Å². The topological polar surface area (TPSA) is 126 Å². The number of ketones is 4. The number of carbonyl (C=O) groups excluding carboxylic acids is 5. The Morgan fingerprint density at radius 1 is 0.974 bits per heavy atom. The molecule has 0 aliphatic carbocycles. The van der Waals surface area contributed by atoms with Gasteiger partial charge in [-0.2, -0.15) is 5.10 Å². The number of hydrogen-bond acceptors (Lipinski definition) is 6. The fraction of sp³-hybridized carbons (Fsp3) is 0.533. The van der Waals surface area contributed by atoms with Crippen LogP contribution in [0.3, 0.4) is 0 Å². The summed E-state index contributed by atoms with van der Waals surface area (Å²) in [5.41, 5.74) is 1.44. The van der Waals surface area contributed by atoms with Crippen molar-refractivity contribution in [1.82, 2.24) is 15.5 Å². The zero-order valence-corrected chi connectivity index (χ0v) is 23.6. The first-order valence-electron chi connectivity index (χ1n) is 13.2. The lowest BCUT2D eigenvalue weighted by Crippen LogP contribution is -2.46. The van der Waals surface area contributed by atoms with Gasteiger partial charge in [-0.1, -0.05) is 65.0 Å². The van der Waals surface area contributed by atoms with Crippen LogP contribution in [0.4, 0.5) is 0 Å². The third kappa shape index (κ3) is 8.85. The molecule has 3 atom stereocenters. The van der Waals surface area contributed by atoms with Gasteiger partial charge in [0.15, 0.2) is 17.3 Å². The third-order valence-corrected chi connectivity index (χ3v) is 6.91. The number of amides is 1. The number of Topliss-reactive ketones (excluding diaryl/α,β-unsaturated/α-hetero) is 4. The quantitative estimate of drug-likeness (QED) is 0.278. The number of nitrogens with one attached hydrogen (secondary N) is 2. The minimum Gasteiger partial charge on any atom is -0.346 e. The Hall–Kier alpha value is -3.42. The van der Waals surface area contributed by atoms with Gasteiger partial charge in [0.2, 0.25) is 11.7 Å². The van der Waals surface area contributed by atoms with E-state index in [1.807, 2.05) is 65.0 Å². The summed E-state index contributed by atoms with van der Waals surface area (Å²) in [5, 5.41) is 9.46. The Morgan fingerprint density at radius 3 is 2.13 bits per heavy atom. The number of H-pyrrole nitrogens is 1. The molecular formula is C30H41N3O5. The van der Waals surface area contributed by atoms with E-state index in [9.17, 15) is 24.0 Å². The summed E-state index contributed by atoms with van der Waals surface area (Å²) in [6, 6.07) is 10.2. The number of nitrogens with zero attached hydrogens (tertiary/aromatic N) is 1. The molecule has 0 saturated carbocycles. The van der Waals surface area contributed by atoms with Crippen LogP contribution in [0.1, 0.15) is 82.6 Å². The average Bonchev–Trinajstić information content (AvgIpc) is 3.29. The van der Waals surface area contributed by atoms with Crippen LogP contribution in [0.15, 0.2) is 36.4 Å². The van der Waals surface area contributed by atoms with E-state index in [4.69, 9.17) is 0 Å². The van der Waals surface area contributed by atoms with Crippen molar-refractivity contribution in [3.8, 4) is 0 Å². The van der Waals surface area contributed by atoms with Gasteiger partial charge >= 0.3 is 0 Å². The van der Waals surface area contributed by atoms with E-state index >= 15 is 0 Å². The minimum absolute atomic E-state index is 0.0520. The lowest BCUT2D eigenvalue weighted by molar-refractivity contribution is -0.141. The number of carbonyl (C=O) groups is 5. The number of benzene rings is 1. The highest BCUT2D eigenvalue weighted by molar-refractivity contribution is 6.38. The van der Waals surface area contributed by atoms with Crippen molar-refractivity contribution >= 4 is 29.0 Å². The molecule has 38 heavy (non-hydrogen) atoms. The normalized spacial score (nSPS) is 14.0. The summed E-state index contributed by atoms with van der Waals surface area (Å²) in [6.07, 6.45) is 0.356. The molecule has 1 heterocycles. The second kappa shape index (κ2) is 13.4. The van der Waals surface area contributed by atoms with Crippen LogP contribution in [0.2, 0.25) is 0 Å². The van der Waals surface area contributed by atoms with Crippen molar-refractivity contribution in [2.24, 2.45) is 23.2 Å². The van der Waals surface area contributed by atoms with Crippen molar-refractivity contribution in [2.75, 3.05) is 0 Å². The Morgan fingerprint density at radius 2 is 1.61 bits per heavy atom. The van der Waals surface area contributed by atoms with Crippen LogP contribution < -0.4 is 5.32 Å². The van der Waals surface area contributed by atoms with Crippen molar-refractivity contribution in [3.05, 3.63) is 53.3 Å². The molecule has 0 aliphatic rings. The molecule has 2 N–H and O–H groups in total. The second-order valence-corrected chi connectivity index (χ2v) is 11.5. The highest BCUT2D eigenvalue weighted by Crippen LogP contribution is 2.30. The number of hydrogen-bond donors (Lipinski definition) is 2. The van der Waals surface area contributed by atoms with Crippen molar-refractivity contribution in [3.63, 3.8) is 0 Å². The summed E-state index contributed by atoms with van der Waals surface area (Å²) in [6.45, 7) is 12.6. The molecule has 0 saturated heterocycles. The fourth-order valence-corrected chi connectivity index (χ4v) is 4.29. The molecule has 8 heteroatoms. The molecule has 2 aromatic rings. The molecule has 0 aliphatic heterocycles. The van der Waals surface area contributed by atoms with E-state index < -0.39 is 40.8 Å². The Balaban J connectivity index is 2.02. The van der Waals surface area contributed by atoms with Crippen LogP contribution in [0.5, 0.6) is 0 Å². The first-order valence-corrected chi connectivity index (χ1v) is 13.2. The SMILES string of the molecule is Cc1cc(C(=O)C[C@H](C(=O)N[C@@H](C)C(=O)C[C@H](C(=O)C(=O)CCc2ccccc2)C(C)C)C(C)(C)C)n[nH]1. The molecule has 1 aromatic carbocycles. The highest BCUT2D eigenvalue weighted by atomic mass is 16.2. The van der Waals surface area contributed by atoms with Gasteiger partial charge in [0.1, 0.15) is 5.69 Å². The van der Waals surface area contributed by atoms with Crippen molar-refractivity contribution in [1.29, 1.82) is 0 Å². The molecular weight excluding hydrogens is 482 g/mol. The van der Waals surface area contributed by atoms with E-state index in [1.165, 1.54) is 0 Å². The molecule has 0 bridgehead atoms. The van der Waals surface area contributed by atoms with Crippen LogP contribution in [0, 0.1) is 30.1 Å². The maximum Gasteiger partial charge on any atom is 0.224 e. The number of aromatic nitrogens is 2. The summed E-state index contributed by atoms with van der Waals surface area (Å²) in [4.78, 5) is 64.6. The summed E-state index contributed by atoms with van der Waals surface area (Å²) < 4.78 is 0. The summed E-state index contributed by atoms with van der Waals surface area (Å²) in [5.74, 6) is -3.70. The molecule has 2 rings (SSSR count). The van der Waals surface area contributed by atoms with Gasteiger partial charge in [0, 0.05) is 30.9 Å². The molecule has 1 amide bonds. The number of aryl methyl sites for hydroxylation is 2.